The lowest BCUT2D eigenvalue weighted by Gasteiger charge is -2.10. The first-order valence-corrected chi connectivity index (χ1v) is 6.58. The minimum atomic E-state index is -0.335. The Morgan fingerprint density at radius 1 is 1.25 bits per heavy atom. The van der Waals surface area contributed by atoms with Crippen LogP contribution in [0.4, 0.5) is 4.39 Å². The number of benzene rings is 1. The number of nitrogens with zero attached hydrogens (tertiary/aromatic N) is 3. The van der Waals surface area contributed by atoms with Gasteiger partial charge in [-0.3, -0.25) is 0 Å². The molecule has 3 aromatic rings. The number of nitrogens with one attached hydrogen (secondary N) is 1. The van der Waals surface area contributed by atoms with Gasteiger partial charge in [0.2, 0.25) is 0 Å². The van der Waals surface area contributed by atoms with Crippen molar-refractivity contribution in [1.29, 1.82) is 0 Å². The third kappa shape index (κ3) is 2.28. The molecule has 2 heterocycles. The molecule has 4 nitrogen and oxygen atoms in total. The summed E-state index contributed by atoms with van der Waals surface area (Å²) in [5.74, 6) is 0.326. The zero-order valence-electron chi connectivity index (χ0n) is 11.2. The van der Waals surface area contributed by atoms with Crippen LogP contribution in [-0.2, 0) is 6.54 Å². The molecule has 0 radical (unpaired) electrons. The summed E-state index contributed by atoms with van der Waals surface area (Å²) in [5.41, 5.74) is 1.75. The van der Waals surface area contributed by atoms with E-state index in [9.17, 15) is 4.39 Å². The summed E-state index contributed by atoms with van der Waals surface area (Å²) in [6.45, 7) is 3.39. The SMILES string of the molecule is CCNCc1cc(F)cnc1-n1ncc2ccccc21. The third-order valence-corrected chi connectivity index (χ3v) is 3.15. The molecule has 0 atom stereocenters. The molecular weight excluding hydrogens is 255 g/mol. The first-order valence-electron chi connectivity index (χ1n) is 6.58. The van der Waals surface area contributed by atoms with Crippen molar-refractivity contribution in [3.63, 3.8) is 0 Å². The van der Waals surface area contributed by atoms with Crippen LogP contribution >= 0.6 is 0 Å². The molecule has 1 N–H and O–H groups in total. The van der Waals surface area contributed by atoms with Crippen LogP contribution < -0.4 is 5.32 Å². The number of rotatable bonds is 4. The average molecular weight is 270 g/mol. The molecule has 0 saturated carbocycles. The second-order valence-electron chi connectivity index (χ2n) is 4.53. The van der Waals surface area contributed by atoms with E-state index >= 15 is 0 Å². The van der Waals surface area contributed by atoms with E-state index in [-0.39, 0.29) is 5.82 Å². The molecule has 1 aromatic carbocycles. The van der Waals surface area contributed by atoms with E-state index in [1.807, 2.05) is 31.2 Å². The fourth-order valence-corrected chi connectivity index (χ4v) is 2.19. The first-order chi connectivity index (χ1) is 9.79. The van der Waals surface area contributed by atoms with E-state index in [0.29, 0.717) is 12.4 Å². The maximum Gasteiger partial charge on any atom is 0.158 e. The number of fused-ring (bicyclic) bond motifs is 1. The van der Waals surface area contributed by atoms with Gasteiger partial charge >= 0.3 is 0 Å². The van der Waals surface area contributed by atoms with Crippen LogP contribution in [0.2, 0.25) is 0 Å². The Bertz CT molecular complexity index is 736. The third-order valence-electron chi connectivity index (χ3n) is 3.15. The van der Waals surface area contributed by atoms with E-state index in [0.717, 1.165) is 23.0 Å². The van der Waals surface area contributed by atoms with E-state index in [4.69, 9.17) is 0 Å². The first kappa shape index (κ1) is 12.7. The van der Waals surface area contributed by atoms with Crippen LogP contribution in [0, 0.1) is 5.82 Å². The molecule has 3 rings (SSSR count). The minimum absolute atomic E-state index is 0.335. The van der Waals surface area contributed by atoms with Crippen molar-refractivity contribution in [2.75, 3.05) is 6.54 Å². The van der Waals surface area contributed by atoms with Gasteiger partial charge in [0.15, 0.2) is 5.82 Å². The number of pyridine rings is 1. The number of hydrogen-bond donors (Lipinski definition) is 1. The Labute approximate surface area is 116 Å². The zero-order valence-corrected chi connectivity index (χ0v) is 11.2. The summed E-state index contributed by atoms with van der Waals surface area (Å²) in [6.07, 6.45) is 3.01. The quantitative estimate of drug-likeness (QED) is 0.792. The molecule has 0 bridgehead atoms. The highest BCUT2D eigenvalue weighted by molar-refractivity contribution is 5.79. The van der Waals surface area contributed by atoms with E-state index in [2.05, 4.69) is 15.4 Å². The molecule has 20 heavy (non-hydrogen) atoms. The van der Waals surface area contributed by atoms with Crippen LogP contribution in [0.5, 0.6) is 0 Å². The highest BCUT2D eigenvalue weighted by atomic mass is 19.1. The van der Waals surface area contributed by atoms with Crippen LogP contribution in [0.25, 0.3) is 16.7 Å². The van der Waals surface area contributed by atoms with Crippen molar-refractivity contribution in [3.8, 4) is 5.82 Å². The van der Waals surface area contributed by atoms with Gasteiger partial charge in [0.1, 0.15) is 5.82 Å². The summed E-state index contributed by atoms with van der Waals surface area (Å²) in [7, 11) is 0. The molecule has 0 fully saturated rings. The van der Waals surface area contributed by atoms with Crippen molar-refractivity contribution in [3.05, 3.63) is 54.1 Å². The topological polar surface area (TPSA) is 42.7 Å². The lowest BCUT2D eigenvalue weighted by molar-refractivity contribution is 0.611. The summed E-state index contributed by atoms with van der Waals surface area (Å²) in [4.78, 5) is 4.21. The van der Waals surface area contributed by atoms with E-state index < -0.39 is 0 Å². The van der Waals surface area contributed by atoms with Gasteiger partial charge in [0, 0.05) is 17.5 Å². The Hall–Kier alpha value is -2.27. The lowest BCUT2D eigenvalue weighted by Crippen LogP contribution is -2.15. The van der Waals surface area contributed by atoms with Crippen molar-refractivity contribution >= 4 is 10.9 Å². The lowest BCUT2D eigenvalue weighted by atomic mass is 10.2. The molecule has 5 heteroatoms. The average Bonchev–Trinajstić information content (AvgIpc) is 2.89. The van der Waals surface area contributed by atoms with Gasteiger partial charge in [-0.15, -0.1) is 0 Å². The van der Waals surface area contributed by atoms with Crippen molar-refractivity contribution in [1.82, 2.24) is 20.1 Å². The van der Waals surface area contributed by atoms with Crippen molar-refractivity contribution < 1.29 is 4.39 Å². The van der Waals surface area contributed by atoms with Gasteiger partial charge in [-0.2, -0.15) is 5.10 Å². The Kier molecular flexibility index (Phi) is 3.43. The van der Waals surface area contributed by atoms with E-state index in [1.54, 1.807) is 10.9 Å². The second kappa shape index (κ2) is 5.38. The second-order valence-corrected chi connectivity index (χ2v) is 4.53. The number of para-hydroxylation sites is 1. The predicted molar refractivity (Wildman–Crippen MR) is 76.2 cm³/mol. The maximum absolute atomic E-state index is 13.4. The number of aromatic nitrogens is 3. The maximum atomic E-state index is 13.4. The fraction of sp³-hybridized carbons (Fsp3) is 0.200. The summed E-state index contributed by atoms with van der Waals surface area (Å²) < 4.78 is 15.2. The van der Waals surface area contributed by atoms with Crippen molar-refractivity contribution in [2.24, 2.45) is 0 Å². The molecule has 2 aromatic heterocycles. The summed E-state index contributed by atoms with van der Waals surface area (Å²) in [6, 6.07) is 9.39. The van der Waals surface area contributed by atoms with E-state index in [1.165, 1.54) is 12.3 Å². The Balaban J connectivity index is 2.13. The molecule has 102 valence electrons. The van der Waals surface area contributed by atoms with Gasteiger partial charge in [0.25, 0.3) is 0 Å². The zero-order chi connectivity index (χ0) is 13.9. The summed E-state index contributed by atoms with van der Waals surface area (Å²) >= 11 is 0. The standard InChI is InChI=1S/C15H15FN4/c1-2-17-8-12-7-13(16)10-18-15(12)20-14-6-4-3-5-11(14)9-19-20/h3-7,9-10,17H,2,8H2,1H3. The fourth-order valence-electron chi connectivity index (χ4n) is 2.19. The van der Waals surface area contributed by atoms with Crippen LogP contribution in [0.1, 0.15) is 12.5 Å². The summed E-state index contributed by atoms with van der Waals surface area (Å²) in [5, 5.41) is 8.60. The molecule has 0 aliphatic rings. The normalized spacial score (nSPS) is 11.1. The van der Waals surface area contributed by atoms with Gasteiger partial charge < -0.3 is 5.32 Å². The highest BCUT2D eigenvalue weighted by Crippen LogP contribution is 2.19. The van der Waals surface area contributed by atoms with Gasteiger partial charge in [-0.1, -0.05) is 25.1 Å². The van der Waals surface area contributed by atoms with Crippen molar-refractivity contribution in [2.45, 2.75) is 13.5 Å². The molecule has 0 aliphatic carbocycles. The largest absolute Gasteiger partial charge is 0.313 e. The molecule has 0 spiro atoms. The molecular formula is C15H15FN4. The van der Waals surface area contributed by atoms with Crippen LogP contribution in [-0.4, -0.2) is 21.3 Å². The van der Waals surface area contributed by atoms with Crippen LogP contribution in [0.3, 0.4) is 0 Å². The predicted octanol–water partition coefficient (Wildman–Crippen LogP) is 2.67. The minimum Gasteiger partial charge on any atom is -0.313 e. The molecule has 0 unspecified atom stereocenters. The monoisotopic (exact) mass is 270 g/mol. The molecule has 0 amide bonds. The smallest absolute Gasteiger partial charge is 0.158 e. The highest BCUT2D eigenvalue weighted by Gasteiger charge is 2.11. The van der Waals surface area contributed by atoms with Crippen LogP contribution in [0.15, 0.2) is 42.7 Å². The van der Waals surface area contributed by atoms with Gasteiger partial charge in [0.05, 0.1) is 17.9 Å². The number of halogens is 1. The Morgan fingerprint density at radius 2 is 2.10 bits per heavy atom. The molecule has 0 saturated heterocycles. The molecule has 0 aliphatic heterocycles. The number of hydrogen-bond acceptors (Lipinski definition) is 3. The van der Waals surface area contributed by atoms with Gasteiger partial charge in [-0.25, -0.2) is 14.1 Å². The Morgan fingerprint density at radius 3 is 2.95 bits per heavy atom. The van der Waals surface area contributed by atoms with Gasteiger partial charge in [-0.05, 0) is 18.7 Å².